The average molecular weight is 353 g/mol. The third-order valence-corrected chi connectivity index (χ3v) is 3.91. The first-order chi connectivity index (χ1) is 12.5. The zero-order chi connectivity index (χ0) is 18.9. The lowest BCUT2D eigenvalue weighted by Gasteiger charge is -2.13. The van der Waals surface area contributed by atoms with Gasteiger partial charge >= 0.3 is 11.8 Å². The Labute approximate surface area is 153 Å². The SMILES string of the molecule is CC[C@H](C)NC(=O)C(=O)Nc1ccccc1C(=O)NCc1ccccc1. The van der Waals surface area contributed by atoms with E-state index < -0.39 is 11.8 Å². The zero-order valence-electron chi connectivity index (χ0n) is 14.9. The number of anilines is 1. The highest BCUT2D eigenvalue weighted by Gasteiger charge is 2.18. The molecule has 0 saturated carbocycles. The highest BCUT2D eigenvalue weighted by atomic mass is 16.2. The molecule has 0 bridgehead atoms. The number of benzene rings is 2. The normalized spacial score (nSPS) is 11.3. The highest BCUT2D eigenvalue weighted by molar-refractivity contribution is 6.40. The van der Waals surface area contributed by atoms with Crippen LogP contribution in [0, 0.1) is 0 Å². The Balaban J connectivity index is 2.03. The van der Waals surface area contributed by atoms with Gasteiger partial charge in [-0.2, -0.15) is 0 Å². The van der Waals surface area contributed by atoms with Crippen molar-refractivity contribution in [2.45, 2.75) is 32.9 Å². The van der Waals surface area contributed by atoms with Crippen LogP contribution in [0.4, 0.5) is 5.69 Å². The maximum absolute atomic E-state index is 12.5. The molecule has 0 aromatic heterocycles. The third kappa shape index (κ3) is 5.44. The van der Waals surface area contributed by atoms with Crippen molar-refractivity contribution in [2.24, 2.45) is 0 Å². The largest absolute Gasteiger partial charge is 0.348 e. The van der Waals surface area contributed by atoms with Gasteiger partial charge in [0, 0.05) is 12.6 Å². The number of nitrogens with one attached hydrogen (secondary N) is 3. The molecular formula is C20H23N3O3. The van der Waals surface area contributed by atoms with Gasteiger partial charge in [-0.3, -0.25) is 14.4 Å². The fourth-order valence-electron chi connectivity index (χ4n) is 2.23. The Kier molecular flexibility index (Phi) is 6.91. The number of hydrogen-bond acceptors (Lipinski definition) is 3. The van der Waals surface area contributed by atoms with Gasteiger partial charge in [0.15, 0.2) is 0 Å². The molecular weight excluding hydrogens is 330 g/mol. The van der Waals surface area contributed by atoms with Crippen molar-refractivity contribution in [1.82, 2.24) is 10.6 Å². The smallest absolute Gasteiger partial charge is 0.313 e. The van der Waals surface area contributed by atoms with Crippen LogP contribution in [0.1, 0.15) is 36.2 Å². The summed E-state index contributed by atoms with van der Waals surface area (Å²) in [5.41, 5.74) is 1.56. The fraction of sp³-hybridized carbons (Fsp3) is 0.250. The Hall–Kier alpha value is -3.15. The fourth-order valence-corrected chi connectivity index (χ4v) is 2.23. The summed E-state index contributed by atoms with van der Waals surface area (Å²) in [5, 5.41) is 7.91. The van der Waals surface area contributed by atoms with Crippen molar-refractivity contribution >= 4 is 23.4 Å². The minimum absolute atomic E-state index is 0.0994. The Bertz CT molecular complexity index is 775. The van der Waals surface area contributed by atoms with E-state index in [0.29, 0.717) is 17.8 Å². The lowest BCUT2D eigenvalue weighted by molar-refractivity contribution is -0.136. The summed E-state index contributed by atoms with van der Waals surface area (Å²) in [4.78, 5) is 36.4. The van der Waals surface area contributed by atoms with Gasteiger partial charge in [-0.05, 0) is 31.0 Å². The quantitative estimate of drug-likeness (QED) is 0.697. The molecule has 0 heterocycles. The van der Waals surface area contributed by atoms with Crippen LogP contribution in [-0.4, -0.2) is 23.8 Å². The number of para-hydroxylation sites is 1. The number of hydrogen-bond donors (Lipinski definition) is 3. The molecule has 3 N–H and O–H groups in total. The molecule has 26 heavy (non-hydrogen) atoms. The number of carbonyl (C=O) groups excluding carboxylic acids is 3. The molecule has 0 radical (unpaired) electrons. The zero-order valence-corrected chi connectivity index (χ0v) is 14.9. The second kappa shape index (κ2) is 9.36. The predicted molar refractivity (Wildman–Crippen MR) is 101 cm³/mol. The summed E-state index contributed by atoms with van der Waals surface area (Å²) in [6.45, 7) is 4.10. The van der Waals surface area contributed by atoms with Gasteiger partial charge in [0.05, 0.1) is 11.3 Å². The molecule has 0 aliphatic rings. The molecule has 3 amide bonds. The molecule has 6 nitrogen and oxygen atoms in total. The maximum Gasteiger partial charge on any atom is 0.313 e. The molecule has 2 aromatic carbocycles. The minimum atomic E-state index is -0.798. The highest BCUT2D eigenvalue weighted by Crippen LogP contribution is 2.15. The molecule has 2 rings (SSSR count). The number of carbonyl (C=O) groups is 3. The third-order valence-electron chi connectivity index (χ3n) is 3.91. The summed E-state index contributed by atoms with van der Waals surface area (Å²) < 4.78 is 0. The lowest BCUT2D eigenvalue weighted by Crippen LogP contribution is -2.40. The van der Waals surface area contributed by atoms with Crippen LogP contribution in [0.15, 0.2) is 54.6 Å². The Morgan fingerprint density at radius 2 is 1.58 bits per heavy atom. The van der Waals surface area contributed by atoms with Crippen molar-refractivity contribution in [3.63, 3.8) is 0 Å². The first-order valence-corrected chi connectivity index (χ1v) is 8.54. The van der Waals surface area contributed by atoms with E-state index in [1.165, 1.54) is 0 Å². The second-order valence-electron chi connectivity index (χ2n) is 5.95. The topological polar surface area (TPSA) is 87.3 Å². The summed E-state index contributed by atoms with van der Waals surface area (Å²) >= 11 is 0. The average Bonchev–Trinajstić information content (AvgIpc) is 2.67. The summed E-state index contributed by atoms with van der Waals surface area (Å²) in [6.07, 6.45) is 0.720. The predicted octanol–water partition coefficient (Wildman–Crippen LogP) is 2.47. The van der Waals surface area contributed by atoms with Crippen LogP contribution >= 0.6 is 0 Å². The van der Waals surface area contributed by atoms with E-state index in [4.69, 9.17) is 0 Å². The molecule has 0 aliphatic carbocycles. The van der Waals surface area contributed by atoms with Gasteiger partial charge in [-0.25, -0.2) is 0 Å². The minimum Gasteiger partial charge on any atom is -0.348 e. The Morgan fingerprint density at radius 1 is 0.923 bits per heavy atom. The van der Waals surface area contributed by atoms with Gasteiger partial charge in [0.25, 0.3) is 5.91 Å². The van der Waals surface area contributed by atoms with E-state index in [9.17, 15) is 14.4 Å². The van der Waals surface area contributed by atoms with E-state index in [-0.39, 0.29) is 11.9 Å². The van der Waals surface area contributed by atoms with Gasteiger partial charge in [0.1, 0.15) is 0 Å². The summed E-state index contributed by atoms with van der Waals surface area (Å²) in [7, 11) is 0. The van der Waals surface area contributed by atoms with Gasteiger partial charge in [-0.15, -0.1) is 0 Å². The van der Waals surface area contributed by atoms with Crippen molar-refractivity contribution in [1.29, 1.82) is 0 Å². The molecule has 6 heteroatoms. The molecule has 0 spiro atoms. The van der Waals surface area contributed by atoms with E-state index in [0.717, 1.165) is 12.0 Å². The van der Waals surface area contributed by atoms with Crippen LogP contribution < -0.4 is 16.0 Å². The molecule has 2 aromatic rings. The van der Waals surface area contributed by atoms with E-state index in [2.05, 4.69) is 16.0 Å². The van der Waals surface area contributed by atoms with Crippen LogP contribution in [0.3, 0.4) is 0 Å². The molecule has 0 fully saturated rings. The van der Waals surface area contributed by atoms with Crippen molar-refractivity contribution in [2.75, 3.05) is 5.32 Å². The van der Waals surface area contributed by atoms with Crippen molar-refractivity contribution < 1.29 is 14.4 Å². The van der Waals surface area contributed by atoms with Gasteiger partial charge < -0.3 is 16.0 Å². The first kappa shape index (κ1) is 19.2. The van der Waals surface area contributed by atoms with Crippen LogP contribution in [0.5, 0.6) is 0 Å². The van der Waals surface area contributed by atoms with Crippen LogP contribution in [0.25, 0.3) is 0 Å². The standard InChI is InChI=1S/C20H23N3O3/c1-3-14(2)22-19(25)20(26)23-17-12-8-7-11-16(17)18(24)21-13-15-9-5-4-6-10-15/h4-12,14H,3,13H2,1-2H3,(H,21,24)(H,22,25)(H,23,26)/t14-/m0/s1. The van der Waals surface area contributed by atoms with Gasteiger partial charge in [0.2, 0.25) is 0 Å². The molecule has 0 saturated heterocycles. The van der Waals surface area contributed by atoms with E-state index in [1.54, 1.807) is 24.3 Å². The molecule has 0 aliphatic heterocycles. The van der Waals surface area contributed by atoms with E-state index >= 15 is 0 Å². The summed E-state index contributed by atoms with van der Waals surface area (Å²) in [5.74, 6) is -1.85. The monoisotopic (exact) mass is 353 g/mol. The molecule has 136 valence electrons. The number of rotatable bonds is 6. The number of amides is 3. The van der Waals surface area contributed by atoms with Crippen molar-refractivity contribution in [3.05, 3.63) is 65.7 Å². The first-order valence-electron chi connectivity index (χ1n) is 8.54. The maximum atomic E-state index is 12.5. The summed E-state index contributed by atoms with van der Waals surface area (Å²) in [6, 6.07) is 16.0. The molecule has 0 unspecified atom stereocenters. The van der Waals surface area contributed by atoms with Crippen molar-refractivity contribution in [3.8, 4) is 0 Å². The second-order valence-corrected chi connectivity index (χ2v) is 5.95. The van der Waals surface area contributed by atoms with Crippen LogP contribution in [0.2, 0.25) is 0 Å². The lowest BCUT2D eigenvalue weighted by atomic mass is 10.1. The molecule has 1 atom stereocenters. The Morgan fingerprint density at radius 3 is 2.27 bits per heavy atom. The van der Waals surface area contributed by atoms with Crippen LogP contribution in [-0.2, 0) is 16.1 Å². The van der Waals surface area contributed by atoms with E-state index in [1.807, 2.05) is 44.2 Å². The van der Waals surface area contributed by atoms with Gasteiger partial charge in [-0.1, -0.05) is 49.4 Å².